The molecule has 1 atom stereocenters. The summed E-state index contributed by atoms with van der Waals surface area (Å²) in [5.41, 5.74) is 2.70. The summed E-state index contributed by atoms with van der Waals surface area (Å²) in [6.45, 7) is 0.0988. The van der Waals surface area contributed by atoms with Crippen LogP contribution in [0.1, 0.15) is 27.8 Å². The predicted molar refractivity (Wildman–Crippen MR) is 112 cm³/mol. The summed E-state index contributed by atoms with van der Waals surface area (Å²) in [7, 11) is 0. The van der Waals surface area contributed by atoms with Gasteiger partial charge in [0.2, 0.25) is 0 Å². The Balaban J connectivity index is 1.31. The Morgan fingerprint density at radius 3 is 2.71 bits per heavy atom. The van der Waals surface area contributed by atoms with Crippen LogP contribution >= 0.6 is 23.1 Å². The van der Waals surface area contributed by atoms with Gasteiger partial charge in [-0.25, -0.2) is 4.98 Å². The molecule has 2 N–H and O–H groups in total. The minimum Gasteiger partial charge on any atom is -0.467 e. The number of carbonyl (C=O) groups excluding carboxylic acids is 1. The Hall–Kier alpha value is -2.61. The van der Waals surface area contributed by atoms with Gasteiger partial charge in [0.1, 0.15) is 11.9 Å². The number of furan rings is 1. The number of carbonyl (C=O) groups is 1. The van der Waals surface area contributed by atoms with E-state index in [4.69, 9.17) is 4.42 Å². The van der Waals surface area contributed by atoms with Crippen LogP contribution in [0.5, 0.6) is 0 Å². The SMILES string of the molecule is O=C(NCC(O)c1ccco1)c1ccc(CSc2nc3ccccc3s2)cc1. The number of fused-ring (bicyclic) bond motifs is 1. The van der Waals surface area contributed by atoms with E-state index in [2.05, 4.69) is 16.4 Å². The maximum Gasteiger partial charge on any atom is 0.251 e. The lowest BCUT2D eigenvalue weighted by Gasteiger charge is -2.10. The molecular weight excluding hydrogens is 392 g/mol. The molecule has 0 radical (unpaired) electrons. The van der Waals surface area contributed by atoms with Crippen molar-refractivity contribution in [2.45, 2.75) is 16.2 Å². The third-order valence-electron chi connectivity index (χ3n) is 4.18. The zero-order valence-corrected chi connectivity index (χ0v) is 16.5. The molecule has 0 aliphatic rings. The molecule has 2 aromatic carbocycles. The third-order valence-corrected chi connectivity index (χ3v) is 6.43. The highest BCUT2D eigenvalue weighted by Crippen LogP contribution is 2.31. The molecule has 2 aromatic heterocycles. The topological polar surface area (TPSA) is 75.4 Å². The fourth-order valence-electron chi connectivity index (χ4n) is 2.68. The molecule has 5 nitrogen and oxygen atoms in total. The van der Waals surface area contributed by atoms with Crippen molar-refractivity contribution in [2.75, 3.05) is 6.54 Å². The number of aliphatic hydroxyl groups excluding tert-OH is 1. The van der Waals surface area contributed by atoms with Crippen molar-refractivity contribution in [3.05, 3.63) is 83.8 Å². The van der Waals surface area contributed by atoms with Crippen molar-refractivity contribution in [1.29, 1.82) is 0 Å². The van der Waals surface area contributed by atoms with Gasteiger partial charge in [-0.2, -0.15) is 0 Å². The first-order valence-corrected chi connectivity index (χ1v) is 10.6. The number of thioether (sulfide) groups is 1. The molecule has 1 unspecified atom stereocenters. The van der Waals surface area contributed by atoms with Gasteiger partial charge in [0.05, 0.1) is 23.0 Å². The van der Waals surface area contributed by atoms with Crippen molar-refractivity contribution in [3.8, 4) is 0 Å². The Kier molecular flexibility index (Phi) is 5.76. The standard InChI is InChI=1S/C21H18N2O3S2/c24-17(18-5-3-11-26-18)12-22-20(25)15-9-7-14(8-10-15)13-27-21-23-16-4-1-2-6-19(16)28-21/h1-11,17,24H,12-13H2,(H,22,25). The van der Waals surface area contributed by atoms with Gasteiger partial charge in [-0.05, 0) is 42.0 Å². The summed E-state index contributed by atoms with van der Waals surface area (Å²) in [6.07, 6.45) is 0.634. The maximum absolute atomic E-state index is 12.2. The second-order valence-electron chi connectivity index (χ2n) is 6.17. The Bertz CT molecular complexity index is 1030. The number of amides is 1. The number of benzene rings is 2. The molecule has 4 aromatic rings. The molecule has 142 valence electrons. The lowest BCUT2D eigenvalue weighted by Crippen LogP contribution is -2.28. The van der Waals surface area contributed by atoms with Gasteiger partial charge in [0, 0.05) is 11.3 Å². The zero-order valence-electron chi connectivity index (χ0n) is 14.9. The first kappa shape index (κ1) is 18.7. The first-order valence-electron chi connectivity index (χ1n) is 8.76. The van der Waals surface area contributed by atoms with Gasteiger partial charge in [-0.1, -0.05) is 36.0 Å². The summed E-state index contributed by atoms with van der Waals surface area (Å²) < 4.78 is 7.35. The zero-order chi connectivity index (χ0) is 19.3. The smallest absolute Gasteiger partial charge is 0.251 e. The van der Waals surface area contributed by atoms with E-state index in [0.29, 0.717) is 11.3 Å². The Morgan fingerprint density at radius 1 is 1.14 bits per heavy atom. The van der Waals surface area contributed by atoms with Crippen LogP contribution < -0.4 is 5.32 Å². The summed E-state index contributed by atoms with van der Waals surface area (Å²) in [4.78, 5) is 16.9. The first-order chi connectivity index (χ1) is 13.7. The van der Waals surface area contributed by atoms with Gasteiger partial charge in [0.25, 0.3) is 5.91 Å². The number of para-hydroxylation sites is 1. The van der Waals surface area contributed by atoms with Crippen LogP contribution in [0.2, 0.25) is 0 Å². The summed E-state index contributed by atoms with van der Waals surface area (Å²) in [6, 6.07) is 19.0. The second kappa shape index (κ2) is 8.60. The highest BCUT2D eigenvalue weighted by Gasteiger charge is 2.13. The highest BCUT2D eigenvalue weighted by molar-refractivity contribution is 8.00. The normalized spacial score (nSPS) is 12.2. The van der Waals surface area contributed by atoms with Crippen LogP contribution in [0, 0.1) is 0 Å². The molecule has 7 heteroatoms. The number of aromatic nitrogens is 1. The minimum atomic E-state index is -0.858. The van der Waals surface area contributed by atoms with Crippen LogP contribution in [-0.4, -0.2) is 22.5 Å². The van der Waals surface area contributed by atoms with Crippen LogP contribution in [0.15, 0.2) is 75.7 Å². The van der Waals surface area contributed by atoms with Crippen LogP contribution in [0.4, 0.5) is 0 Å². The van der Waals surface area contributed by atoms with Crippen LogP contribution in [0.3, 0.4) is 0 Å². The van der Waals surface area contributed by atoms with E-state index in [1.54, 1.807) is 47.4 Å². The largest absolute Gasteiger partial charge is 0.467 e. The molecule has 1 amide bonds. The Morgan fingerprint density at radius 2 is 1.96 bits per heavy atom. The molecule has 0 aliphatic heterocycles. The fraction of sp³-hybridized carbons (Fsp3) is 0.143. The van der Waals surface area contributed by atoms with E-state index in [9.17, 15) is 9.90 Å². The third kappa shape index (κ3) is 4.44. The van der Waals surface area contributed by atoms with Crippen molar-refractivity contribution in [2.24, 2.45) is 0 Å². The van der Waals surface area contributed by atoms with Crippen LogP contribution in [-0.2, 0) is 5.75 Å². The molecule has 0 bridgehead atoms. The lowest BCUT2D eigenvalue weighted by molar-refractivity contribution is 0.0901. The number of nitrogens with zero attached hydrogens (tertiary/aromatic N) is 1. The van der Waals surface area contributed by atoms with E-state index >= 15 is 0 Å². The number of nitrogens with one attached hydrogen (secondary N) is 1. The summed E-state index contributed by atoms with van der Waals surface area (Å²) in [5.74, 6) is 0.998. The van der Waals surface area contributed by atoms with Crippen molar-refractivity contribution >= 4 is 39.2 Å². The lowest BCUT2D eigenvalue weighted by atomic mass is 10.1. The predicted octanol–water partition coefficient (Wildman–Crippen LogP) is 4.65. The number of hydrogen-bond acceptors (Lipinski definition) is 6. The summed E-state index contributed by atoms with van der Waals surface area (Å²) >= 11 is 3.38. The van der Waals surface area contributed by atoms with Crippen molar-refractivity contribution in [3.63, 3.8) is 0 Å². The molecule has 2 heterocycles. The van der Waals surface area contributed by atoms with Gasteiger partial charge >= 0.3 is 0 Å². The van der Waals surface area contributed by atoms with E-state index in [-0.39, 0.29) is 12.5 Å². The van der Waals surface area contributed by atoms with Crippen molar-refractivity contribution in [1.82, 2.24) is 10.3 Å². The number of aliphatic hydroxyl groups is 1. The van der Waals surface area contributed by atoms with E-state index in [1.165, 1.54) is 11.0 Å². The molecule has 28 heavy (non-hydrogen) atoms. The average molecular weight is 411 g/mol. The summed E-state index contributed by atoms with van der Waals surface area (Å²) in [5, 5.41) is 12.7. The molecule has 4 rings (SSSR count). The number of hydrogen-bond donors (Lipinski definition) is 2. The Labute approximate surface area is 170 Å². The maximum atomic E-state index is 12.2. The second-order valence-corrected chi connectivity index (χ2v) is 8.43. The van der Waals surface area contributed by atoms with E-state index in [1.807, 2.05) is 30.3 Å². The van der Waals surface area contributed by atoms with Gasteiger partial charge in [0.15, 0.2) is 4.34 Å². The molecule has 0 saturated heterocycles. The monoisotopic (exact) mass is 410 g/mol. The molecule has 0 fully saturated rings. The molecule has 0 aliphatic carbocycles. The molecule has 0 saturated carbocycles. The quantitative estimate of drug-likeness (QED) is 0.434. The fourth-order valence-corrected chi connectivity index (χ4v) is 4.71. The highest BCUT2D eigenvalue weighted by atomic mass is 32.2. The van der Waals surface area contributed by atoms with E-state index < -0.39 is 6.10 Å². The molecular formula is C21H18N2O3S2. The number of rotatable bonds is 7. The molecule has 0 spiro atoms. The van der Waals surface area contributed by atoms with Gasteiger partial charge < -0.3 is 14.8 Å². The average Bonchev–Trinajstić information content (AvgIpc) is 3.40. The number of thiazole rings is 1. The van der Waals surface area contributed by atoms with Crippen molar-refractivity contribution < 1.29 is 14.3 Å². The van der Waals surface area contributed by atoms with Gasteiger partial charge in [-0.15, -0.1) is 11.3 Å². The van der Waals surface area contributed by atoms with Crippen LogP contribution in [0.25, 0.3) is 10.2 Å². The minimum absolute atomic E-state index is 0.0988. The van der Waals surface area contributed by atoms with Gasteiger partial charge in [-0.3, -0.25) is 4.79 Å². The van der Waals surface area contributed by atoms with E-state index in [0.717, 1.165) is 21.2 Å².